The predicted molar refractivity (Wildman–Crippen MR) is 137 cm³/mol. The van der Waals surface area contributed by atoms with E-state index in [1.807, 2.05) is 0 Å². The standard InChI is InChI=1S/C26H28N8O2/c1-32-6-8-33(9-7-32)21-4-2-18(3-5-21)23-24-22(30-31-23)17-28-25(29-24)19-14-20(16-27-15-19)26(35)34-10-12-36-13-11-34/h2-5,14-17H,6-13H2,1H3,(H,30,31). The summed E-state index contributed by atoms with van der Waals surface area (Å²) in [4.78, 5) is 33.1. The van der Waals surface area contributed by atoms with Crippen LogP contribution in [0.15, 0.2) is 48.9 Å². The maximum atomic E-state index is 12.9. The molecule has 2 aliphatic heterocycles. The number of pyridine rings is 1. The lowest BCUT2D eigenvalue weighted by molar-refractivity contribution is 0.0302. The molecule has 36 heavy (non-hydrogen) atoms. The summed E-state index contributed by atoms with van der Waals surface area (Å²) in [7, 11) is 2.16. The lowest BCUT2D eigenvalue weighted by Crippen LogP contribution is -2.44. The van der Waals surface area contributed by atoms with Crippen molar-refractivity contribution in [1.82, 2.24) is 34.9 Å². The zero-order chi connectivity index (χ0) is 24.5. The fourth-order valence-electron chi connectivity index (χ4n) is 4.68. The van der Waals surface area contributed by atoms with Crippen molar-refractivity contribution in [2.45, 2.75) is 0 Å². The topological polar surface area (TPSA) is 103 Å². The molecule has 0 unspecified atom stereocenters. The molecule has 0 radical (unpaired) electrons. The van der Waals surface area contributed by atoms with E-state index in [1.54, 1.807) is 29.6 Å². The molecule has 10 heteroatoms. The lowest BCUT2D eigenvalue weighted by Gasteiger charge is -2.34. The first-order valence-electron chi connectivity index (χ1n) is 12.2. The van der Waals surface area contributed by atoms with Gasteiger partial charge in [-0.05, 0) is 25.2 Å². The fourth-order valence-corrected chi connectivity index (χ4v) is 4.68. The van der Waals surface area contributed by atoms with Gasteiger partial charge in [0.25, 0.3) is 5.91 Å². The molecule has 10 nitrogen and oxygen atoms in total. The van der Waals surface area contributed by atoms with Gasteiger partial charge < -0.3 is 19.4 Å². The number of morpholine rings is 1. The van der Waals surface area contributed by atoms with Crippen molar-refractivity contribution in [3.8, 4) is 22.6 Å². The molecular formula is C26H28N8O2. The van der Waals surface area contributed by atoms with Crippen molar-refractivity contribution in [1.29, 1.82) is 0 Å². The molecule has 1 amide bonds. The quantitative estimate of drug-likeness (QED) is 0.471. The minimum Gasteiger partial charge on any atom is -0.378 e. The van der Waals surface area contributed by atoms with Crippen LogP contribution in [0.25, 0.3) is 33.7 Å². The summed E-state index contributed by atoms with van der Waals surface area (Å²) in [5, 5.41) is 7.57. The second-order valence-corrected chi connectivity index (χ2v) is 9.23. The van der Waals surface area contributed by atoms with Crippen LogP contribution in [-0.4, -0.2) is 100 Å². The van der Waals surface area contributed by atoms with Crippen LogP contribution in [0.5, 0.6) is 0 Å². The second kappa shape index (κ2) is 9.63. The third kappa shape index (κ3) is 4.40. The van der Waals surface area contributed by atoms with E-state index in [2.05, 4.69) is 61.3 Å². The monoisotopic (exact) mass is 484 g/mol. The minimum atomic E-state index is -0.0573. The first kappa shape index (κ1) is 22.6. The van der Waals surface area contributed by atoms with Gasteiger partial charge >= 0.3 is 0 Å². The number of nitrogens with one attached hydrogen (secondary N) is 1. The number of hydrogen-bond acceptors (Lipinski definition) is 8. The van der Waals surface area contributed by atoms with Gasteiger partial charge in [0.2, 0.25) is 0 Å². The molecule has 6 rings (SSSR count). The lowest BCUT2D eigenvalue weighted by atomic mass is 10.1. The van der Waals surface area contributed by atoms with Gasteiger partial charge in [-0.25, -0.2) is 9.97 Å². The smallest absolute Gasteiger partial charge is 0.255 e. The van der Waals surface area contributed by atoms with Crippen molar-refractivity contribution in [3.05, 3.63) is 54.5 Å². The molecular weight excluding hydrogens is 456 g/mol. The van der Waals surface area contributed by atoms with Crippen LogP contribution in [-0.2, 0) is 4.74 Å². The van der Waals surface area contributed by atoms with Gasteiger partial charge in [-0.2, -0.15) is 5.10 Å². The van der Waals surface area contributed by atoms with Crippen molar-refractivity contribution >= 4 is 22.6 Å². The molecule has 2 saturated heterocycles. The van der Waals surface area contributed by atoms with Crippen LogP contribution >= 0.6 is 0 Å². The zero-order valence-electron chi connectivity index (χ0n) is 20.2. The Labute approximate surface area is 208 Å². The van der Waals surface area contributed by atoms with E-state index >= 15 is 0 Å². The molecule has 1 N–H and O–H groups in total. The molecule has 0 bridgehead atoms. The molecule has 0 spiro atoms. The third-order valence-electron chi connectivity index (χ3n) is 6.85. The first-order chi connectivity index (χ1) is 17.7. The highest BCUT2D eigenvalue weighted by atomic mass is 16.5. The highest BCUT2D eigenvalue weighted by Crippen LogP contribution is 2.28. The zero-order valence-corrected chi connectivity index (χ0v) is 20.2. The molecule has 0 saturated carbocycles. The summed E-state index contributed by atoms with van der Waals surface area (Å²) in [6.45, 7) is 6.46. The maximum absolute atomic E-state index is 12.9. The number of rotatable bonds is 4. The summed E-state index contributed by atoms with van der Waals surface area (Å²) in [5.74, 6) is 0.446. The number of hydrogen-bond donors (Lipinski definition) is 1. The van der Waals surface area contributed by atoms with E-state index < -0.39 is 0 Å². The van der Waals surface area contributed by atoms with Gasteiger partial charge in [-0.15, -0.1) is 0 Å². The van der Waals surface area contributed by atoms with Gasteiger partial charge in [0.05, 0.1) is 25.0 Å². The number of anilines is 1. The Balaban J connectivity index is 1.27. The number of likely N-dealkylation sites (N-methyl/N-ethyl adjacent to an activating group) is 1. The van der Waals surface area contributed by atoms with Crippen molar-refractivity contribution in [3.63, 3.8) is 0 Å². The Hall–Kier alpha value is -3.89. The van der Waals surface area contributed by atoms with E-state index in [1.165, 1.54) is 5.69 Å². The normalized spacial score (nSPS) is 17.0. The SMILES string of the molecule is CN1CCN(c2ccc(-c3n[nH]c4cnc(-c5cncc(C(=O)N6CCOCC6)c5)nc34)cc2)CC1. The van der Waals surface area contributed by atoms with Gasteiger partial charge in [-0.3, -0.25) is 14.9 Å². The molecule has 2 aliphatic rings. The van der Waals surface area contributed by atoms with Crippen LogP contribution in [0, 0.1) is 0 Å². The van der Waals surface area contributed by atoms with E-state index in [4.69, 9.17) is 9.72 Å². The Kier molecular flexibility index (Phi) is 6.04. The number of carbonyl (C=O) groups excluding carboxylic acids is 1. The van der Waals surface area contributed by atoms with Crippen molar-refractivity contribution < 1.29 is 9.53 Å². The van der Waals surface area contributed by atoms with Gasteiger partial charge in [-0.1, -0.05) is 12.1 Å². The summed E-state index contributed by atoms with van der Waals surface area (Å²) < 4.78 is 5.36. The molecule has 3 aromatic heterocycles. The molecule has 4 aromatic rings. The number of aromatic nitrogens is 5. The number of fused-ring (bicyclic) bond motifs is 1. The van der Waals surface area contributed by atoms with E-state index in [0.717, 1.165) is 48.5 Å². The number of carbonyl (C=O) groups is 1. The number of nitrogens with zero attached hydrogens (tertiary/aromatic N) is 7. The number of ether oxygens (including phenoxy) is 1. The Morgan fingerprint density at radius 3 is 2.50 bits per heavy atom. The number of amides is 1. The van der Waals surface area contributed by atoms with E-state index in [9.17, 15) is 4.79 Å². The number of piperazine rings is 1. The van der Waals surface area contributed by atoms with Crippen LogP contribution in [0.3, 0.4) is 0 Å². The molecule has 1 aromatic carbocycles. The number of H-pyrrole nitrogens is 1. The van der Waals surface area contributed by atoms with Gasteiger partial charge in [0.15, 0.2) is 5.82 Å². The van der Waals surface area contributed by atoms with Crippen LogP contribution < -0.4 is 4.90 Å². The van der Waals surface area contributed by atoms with Crippen molar-refractivity contribution in [2.75, 3.05) is 64.4 Å². The minimum absolute atomic E-state index is 0.0573. The fraction of sp³-hybridized carbons (Fsp3) is 0.346. The number of aromatic amines is 1. The van der Waals surface area contributed by atoms with E-state index in [-0.39, 0.29) is 5.91 Å². The summed E-state index contributed by atoms with van der Waals surface area (Å²) in [6.07, 6.45) is 5.00. The second-order valence-electron chi connectivity index (χ2n) is 9.23. The average Bonchev–Trinajstić information content (AvgIpc) is 3.37. The van der Waals surface area contributed by atoms with Crippen LogP contribution in [0.1, 0.15) is 10.4 Å². The summed E-state index contributed by atoms with van der Waals surface area (Å²) in [6, 6.07) is 10.3. The summed E-state index contributed by atoms with van der Waals surface area (Å²) >= 11 is 0. The first-order valence-corrected chi connectivity index (χ1v) is 12.2. The Bertz CT molecular complexity index is 1370. The van der Waals surface area contributed by atoms with Gasteiger partial charge in [0, 0.05) is 68.5 Å². The highest BCUT2D eigenvalue weighted by molar-refractivity contribution is 5.95. The average molecular weight is 485 g/mol. The van der Waals surface area contributed by atoms with Crippen LogP contribution in [0.2, 0.25) is 0 Å². The highest BCUT2D eigenvalue weighted by Gasteiger charge is 2.20. The van der Waals surface area contributed by atoms with E-state index in [0.29, 0.717) is 43.3 Å². The molecule has 184 valence electrons. The molecule has 0 atom stereocenters. The third-order valence-corrected chi connectivity index (χ3v) is 6.85. The van der Waals surface area contributed by atoms with Crippen molar-refractivity contribution in [2.24, 2.45) is 0 Å². The Morgan fingerprint density at radius 1 is 0.944 bits per heavy atom. The molecule has 2 fully saturated rings. The molecule has 0 aliphatic carbocycles. The van der Waals surface area contributed by atoms with Crippen LogP contribution in [0.4, 0.5) is 5.69 Å². The number of benzene rings is 1. The predicted octanol–water partition coefficient (Wildman–Crippen LogP) is 2.31. The maximum Gasteiger partial charge on any atom is 0.255 e. The summed E-state index contributed by atoms with van der Waals surface area (Å²) in [5.41, 5.74) is 5.67. The molecule has 5 heterocycles. The van der Waals surface area contributed by atoms with Gasteiger partial charge in [0.1, 0.15) is 16.7 Å². The Morgan fingerprint density at radius 2 is 1.72 bits per heavy atom. The largest absolute Gasteiger partial charge is 0.378 e.